The van der Waals surface area contributed by atoms with Gasteiger partial charge in [-0.3, -0.25) is 4.79 Å². The molecule has 5 rings (SSSR count). The van der Waals surface area contributed by atoms with E-state index in [4.69, 9.17) is 4.74 Å². The summed E-state index contributed by atoms with van der Waals surface area (Å²) in [6.07, 6.45) is 2.75. The lowest BCUT2D eigenvalue weighted by molar-refractivity contribution is -0.135. The maximum absolute atomic E-state index is 13.2. The van der Waals surface area contributed by atoms with Gasteiger partial charge in [-0.25, -0.2) is 0 Å². The first kappa shape index (κ1) is 17.8. The summed E-state index contributed by atoms with van der Waals surface area (Å²) in [7, 11) is 0. The third-order valence-electron chi connectivity index (χ3n) is 6.33. The van der Waals surface area contributed by atoms with Crippen molar-refractivity contribution in [2.24, 2.45) is 0 Å². The van der Waals surface area contributed by atoms with E-state index in [1.54, 1.807) is 0 Å². The van der Waals surface area contributed by atoms with Gasteiger partial charge in [0.1, 0.15) is 5.82 Å². The number of hydrogen-bond acceptors (Lipinski definition) is 5. The summed E-state index contributed by atoms with van der Waals surface area (Å²) in [6, 6.07) is 8.40. The number of amides is 1. The van der Waals surface area contributed by atoms with Crippen LogP contribution in [0.2, 0.25) is 0 Å². The van der Waals surface area contributed by atoms with E-state index in [1.165, 1.54) is 11.1 Å². The van der Waals surface area contributed by atoms with E-state index in [2.05, 4.69) is 51.3 Å². The molecule has 3 aliphatic heterocycles. The van der Waals surface area contributed by atoms with Crippen molar-refractivity contribution in [2.45, 2.75) is 57.3 Å². The van der Waals surface area contributed by atoms with Gasteiger partial charge in [0.15, 0.2) is 5.82 Å². The lowest BCUT2D eigenvalue weighted by Gasteiger charge is -2.37. The first-order valence-electron chi connectivity index (χ1n) is 10.3. The van der Waals surface area contributed by atoms with Crippen molar-refractivity contribution in [3.8, 4) is 0 Å². The highest BCUT2D eigenvalue weighted by Gasteiger charge is 2.35. The predicted molar refractivity (Wildman–Crippen MR) is 104 cm³/mol. The summed E-state index contributed by atoms with van der Waals surface area (Å²) in [5.41, 5.74) is 2.56. The highest BCUT2D eigenvalue weighted by Crippen LogP contribution is 2.31. The van der Waals surface area contributed by atoms with E-state index in [9.17, 15) is 4.79 Å². The second-order valence-corrected chi connectivity index (χ2v) is 8.21. The average Bonchev–Trinajstić information content (AvgIpc) is 3.18. The summed E-state index contributed by atoms with van der Waals surface area (Å²) in [5, 5.41) is 12.4. The number of nitrogens with zero attached hydrogens (tertiary/aromatic N) is 4. The number of rotatable bonds is 2. The van der Waals surface area contributed by atoms with Crippen LogP contribution in [-0.2, 0) is 29.0 Å². The molecule has 148 valence electrons. The largest absolute Gasteiger partial charge is 0.381 e. The van der Waals surface area contributed by atoms with E-state index in [0.717, 1.165) is 50.7 Å². The average molecular weight is 381 g/mol. The molecule has 4 heterocycles. The molecule has 0 unspecified atom stereocenters. The minimum Gasteiger partial charge on any atom is -0.381 e. The van der Waals surface area contributed by atoms with Crippen LogP contribution in [-0.4, -0.2) is 51.4 Å². The first-order chi connectivity index (χ1) is 13.7. The Bertz CT molecular complexity index is 873. The highest BCUT2D eigenvalue weighted by atomic mass is 16.5. The highest BCUT2D eigenvalue weighted by molar-refractivity contribution is 5.82. The van der Waals surface area contributed by atoms with Gasteiger partial charge >= 0.3 is 0 Å². The molecule has 3 aliphatic rings. The second kappa shape index (κ2) is 7.29. The molecule has 2 aromatic rings. The van der Waals surface area contributed by atoms with Crippen LogP contribution in [0.25, 0.3) is 0 Å². The number of hydrogen-bond donors (Lipinski definition) is 1. The zero-order valence-electron chi connectivity index (χ0n) is 16.3. The Morgan fingerprint density at radius 1 is 1.18 bits per heavy atom. The molecule has 0 radical (unpaired) electrons. The van der Waals surface area contributed by atoms with Gasteiger partial charge in [-0.1, -0.05) is 24.3 Å². The van der Waals surface area contributed by atoms with E-state index in [0.29, 0.717) is 19.0 Å². The van der Waals surface area contributed by atoms with Gasteiger partial charge in [-0.05, 0) is 37.3 Å². The Hall–Kier alpha value is -2.25. The fourth-order valence-electron chi connectivity index (χ4n) is 4.81. The summed E-state index contributed by atoms with van der Waals surface area (Å²) in [4.78, 5) is 15.2. The van der Waals surface area contributed by atoms with Crippen LogP contribution in [0.1, 0.15) is 54.5 Å². The number of aromatic nitrogens is 3. The summed E-state index contributed by atoms with van der Waals surface area (Å²) >= 11 is 0. The Balaban J connectivity index is 1.32. The van der Waals surface area contributed by atoms with Gasteiger partial charge in [0, 0.05) is 32.2 Å². The topological polar surface area (TPSA) is 72.3 Å². The second-order valence-electron chi connectivity index (χ2n) is 8.21. The van der Waals surface area contributed by atoms with E-state index >= 15 is 0 Å². The van der Waals surface area contributed by atoms with Gasteiger partial charge in [0.2, 0.25) is 5.91 Å². The number of carbonyl (C=O) groups excluding carboxylic acids is 1. The van der Waals surface area contributed by atoms with Gasteiger partial charge < -0.3 is 19.5 Å². The third kappa shape index (κ3) is 3.12. The molecule has 2 atom stereocenters. The minimum absolute atomic E-state index is 0.161. The van der Waals surface area contributed by atoms with Crippen LogP contribution < -0.4 is 5.32 Å². The Morgan fingerprint density at radius 3 is 2.79 bits per heavy atom. The molecule has 0 aliphatic carbocycles. The minimum atomic E-state index is -0.161. The molecule has 0 bridgehead atoms. The zero-order valence-corrected chi connectivity index (χ0v) is 16.3. The van der Waals surface area contributed by atoms with Crippen LogP contribution in [0.3, 0.4) is 0 Å². The van der Waals surface area contributed by atoms with Gasteiger partial charge in [-0.2, -0.15) is 0 Å². The predicted octanol–water partition coefficient (Wildman–Crippen LogP) is 1.79. The quantitative estimate of drug-likeness (QED) is 0.859. The van der Waals surface area contributed by atoms with Gasteiger partial charge in [0.25, 0.3) is 0 Å². The standard InChI is InChI=1S/C21H27N5O2/c1-14-12-25(21(27)18-10-16-4-2-3-5-17(16)11-22-18)13-19-23-24-20(26(14)19)15-6-8-28-9-7-15/h2-5,14-15,18,22H,6-13H2,1H3/t14-,18+/m0/s1. The van der Waals surface area contributed by atoms with Crippen molar-refractivity contribution in [3.63, 3.8) is 0 Å². The molecular weight excluding hydrogens is 354 g/mol. The van der Waals surface area contributed by atoms with Crippen molar-refractivity contribution >= 4 is 5.91 Å². The molecular formula is C21H27N5O2. The molecule has 0 spiro atoms. The normalized spacial score (nSPS) is 25.2. The molecule has 28 heavy (non-hydrogen) atoms. The maximum atomic E-state index is 13.2. The Morgan fingerprint density at radius 2 is 1.96 bits per heavy atom. The number of benzene rings is 1. The van der Waals surface area contributed by atoms with Crippen molar-refractivity contribution in [2.75, 3.05) is 19.8 Å². The molecule has 1 amide bonds. The Labute approximate surface area is 165 Å². The molecule has 7 heteroatoms. The summed E-state index contributed by atoms with van der Waals surface area (Å²) < 4.78 is 7.76. The summed E-state index contributed by atoms with van der Waals surface area (Å²) in [6.45, 7) is 5.75. The van der Waals surface area contributed by atoms with Crippen LogP contribution >= 0.6 is 0 Å². The molecule has 1 aromatic carbocycles. The van der Waals surface area contributed by atoms with Crippen molar-refractivity contribution < 1.29 is 9.53 Å². The Kier molecular flexibility index (Phi) is 4.64. The maximum Gasteiger partial charge on any atom is 0.240 e. The zero-order chi connectivity index (χ0) is 19.1. The van der Waals surface area contributed by atoms with Crippen molar-refractivity contribution in [1.82, 2.24) is 25.0 Å². The molecule has 7 nitrogen and oxygen atoms in total. The van der Waals surface area contributed by atoms with Crippen LogP contribution in [0.5, 0.6) is 0 Å². The van der Waals surface area contributed by atoms with Gasteiger partial charge in [0.05, 0.1) is 18.6 Å². The number of ether oxygens (including phenoxy) is 1. The molecule has 1 aromatic heterocycles. The van der Waals surface area contributed by atoms with E-state index in [-0.39, 0.29) is 18.0 Å². The fraction of sp³-hybridized carbons (Fsp3) is 0.571. The summed E-state index contributed by atoms with van der Waals surface area (Å²) in [5.74, 6) is 2.56. The monoisotopic (exact) mass is 381 g/mol. The molecule has 1 saturated heterocycles. The van der Waals surface area contributed by atoms with Crippen molar-refractivity contribution in [1.29, 1.82) is 0 Å². The smallest absolute Gasteiger partial charge is 0.240 e. The first-order valence-corrected chi connectivity index (χ1v) is 10.3. The molecule has 1 N–H and O–H groups in total. The van der Waals surface area contributed by atoms with Gasteiger partial charge in [-0.15, -0.1) is 10.2 Å². The molecule has 0 saturated carbocycles. The van der Waals surface area contributed by atoms with Crippen LogP contribution in [0, 0.1) is 0 Å². The number of fused-ring (bicyclic) bond motifs is 2. The number of nitrogens with one attached hydrogen (secondary N) is 1. The van der Waals surface area contributed by atoms with Crippen LogP contribution in [0.4, 0.5) is 0 Å². The lowest BCUT2D eigenvalue weighted by atomic mass is 9.95. The third-order valence-corrected chi connectivity index (χ3v) is 6.33. The molecule has 1 fully saturated rings. The SMILES string of the molecule is C[C@H]1CN(C(=O)[C@H]2Cc3ccccc3CN2)Cc2nnc(C3CCOCC3)n21. The van der Waals surface area contributed by atoms with Crippen LogP contribution in [0.15, 0.2) is 24.3 Å². The van der Waals surface area contributed by atoms with E-state index in [1.807, 2.05) is 4.90 Å². The number of carbonyl (C=O) groups is 1. The van der Waals surface area contributed by atoms with Crippen molar-refractivity contribution in [3.05, 3.63) is 47.0 Å². The fourth-order valence-corrected chi connectivity index (χ4v) is 4.81. The van der Waals surface area contributed by atoms with E-state index < -0.39 is 0 Å². The lowest BCUT2D eigenvalue weighted by Crippen LogP contribution is -2.52.